The van der Waals surface area contributed by atoms with Crippen molar-refractivity contribution in [1.29, 1.82) is 0 Å². The van der Waals surface area contributed by atoms with Gasteiger partial charge in [-0.1, -0.05) is 45.1 Å². The predicted octanol–water partition coefficient (Wildman–Crippen LogP) is 2.46. The van der Waals surface area contributed by atoms with Crippen LogP contribution in [-0.2, 0) is 0 Å². The fraction of sp³-hybridized carbons (Fsp3) is 0.733. The zero-order valence-corrected chi connectivity index (χ0v) is 11.4. The lowest BCUT2D eigenvalue weighted by Gasteiger charge is -2.54. The van der Waals surface area contributed by atoms with Gasteiger partial charge >= 0.3 is 0 Å². The van der Waals surface area contributed by atoms with Crippen LogP contribution in [0.2, 0.25) is 0 Å². The van der Waals surface area contributed by atoms with Crippen molar-refractivity contribution in [2.45, 2.75) is 45.7 Å². The smallest absolute Gasteiger partial charge is 0.0229 e. The summed E-state index contributed by atoms with van der Waals surface area (Å²) in [5.41, 5.74) is 15.4. The van der Waals surface area contributed by atoms with Crippen molar-refractivity contribution in [1.82, 2.24) is 0 Å². The number of hydrogen-bond donors (Lipinski definition) is 2. The molecule has 4 N–H and O–H groups in total. The summed E-state index contributed by atoms with van der Waals surface area (Å²) in [6.07, 6.45) is 2.03. The first-order chi connectivity index (χ1) is 7.82. The molecule has 0 heterocycles. The zero-order valence-electron chi connectivity index (χ0n) is 11.4. The molecule has 1 spiro atoms. The number of hydrogen-bond acceptors (Lipinski definition) is 2. The van der Waals surface area contributed by atoms with Gasteiger partial charge in [0.15, 0.2) is 0 Å². The number of rotatable bonds is 0. The maximum atomic E-state index is 6.34. The third-order valence-corrected chi connectivity index (χ3v) is 5.71. The second-order valence-electron chi connectivity index (χ2n) is 6.34. The molecule has 2 fully saturated rings. The van der Waals surface area contributed by atoms with Crippen molar-refractivity contribution < 1.29 is 0 Å². The molecule has 2 heteroatoms. The van der Waals surface area contributed by atoms with Crippen LogP contribution in [0.15, 0.2) is 24.3 Å². The molecule has 6 unspecified atom stereocenters. The Kier molecular flexibility index (Phi) is 2.99. The standard InChI is InChI=1S/C15H26N2/c1-8-6-9(2)15(7-8)11(4)10(3)13(16)14(17)12(15)5/h10-14H,1-2,6-7,16-17H2,3-5H3. The maximum absolute atomic E-state index is 6.34. The van der Waals surface area contributed by atoms with Crippen molar-refractivity contribution in [3.63, 3.8) is 0 Å². The Hall–Kier alpha value is -0.600. The molecule has 0 aromatic rings. The molecule has 6 atom stereocenters. The first-order valence-electron chi connectivity index (χ1n) is 6.68. The van der Waals surface area contributed by atoms with Crippen molar-refractivity contribution in [3.05, 3.63) is 24.3 Å². The molecule has 2 nitrogen and oxygen atoms in total. The predicted molar refractivity (Wildman–Crippen MR) is 73.4 cm³/mol. The van der Waals surface area contributed by atoms with Gasteiger partial charge in [-0.25, -0.2) is 0 Å². The normalized spacial score (nSPS) is 51.2. The quantitative estimate of drug-likeness (QED) is 0.633. The van der Waals surface area contributed by atoms with E-state index in [-0.39, 0.29) is 17.5 Å². The molecule has 2 aliphatic carbocycles. The van der Waals surface area contributed by atoms with Crippen molar-refractivity contribution in [2.24, 2.45) is 34.6 Å². The summed E-state index contributed by atoms with van der Waals surface area (Å²) in [5, 5.41) is 0. The first-order valence-corrected chi connectivity index (χ1v) is 6.68. The van der Waals surface area contributed by atoms with Gasteiger partial charge < -0.3 is 11.5 Å². The number of allylic oxidation sites excluding steroid dienone is 2. The minimum Gasteiger partial charge on any atom is -0.326 e. The maximum Gasteiger partial charge on any atom is 0.0229 e. The summed E-state index contributed by atoms with van der Waals surface area (Å²) < 4.78 is 0. The van der Waals surface area contributed by atoms with Crippen LogP contribution in [0.3, 0.4) is 0 Å². The Balaban J connectivity index is 2.45. The van der Waals surface area contributed by atoms with E-state index < -0.39 is 0 Å². The van der Waals surface area contributed by atoms with Gasteiger partial charge in [-0.05, 0) is 30.6 Å². The van der Waals surface area contributed by atoms with Gasteiger partial charge in [-0.2, -0.15) is 0 Å². The van der Waals surface area contributed by atoms with Gasteiger partial charge in [0.25, 0.3) is 0 Å². The van der Waals surface area contributed by atoms with E-state index in [1.54, 1.807) is 0 Å². The first kappa shape index (κ1) is 12.8. The van der Waals surface area contributed by atoms with E-state index in [9.17, 15) is 0 Å². The van der Waals surface area contributed by atoms with Crippen LogP contribution in [-0.4, -0.2) is 12.1 Å². The molecular weight excluding hydrogens is 208 g/mol. The Morgan fingerprint density at radius 2 is 1.65 bits per heavy atom. The Morgan fingerprint density at radius 3 is 2.12 bits per heavy atom. The number of nitrogens with two attached hydrogens (primary N) is 2. The van der Waals surface area contributed by atoms with Gasteiger partial charge in [-0.3, -0.25) is 0 Å². The van der Waals surface area contributed by atoms with E-state index in [4.69, 9.17) is 11.5 Å². The Labute approximate surface area is 105 Å². The summed E-state index contributed by atoms with van der Waals surface area (Å²) >= 11 is 0. The highest BCUT2D eigenvalue weighted by atomic mass is 14.8. The fourth-order valence-electron chi connectivity index (χ4n) is 4.28. The second-order valence-corrected chi connectivity index (χ2v) is 6.34. The van der Waals surface area contributed by atoms with E-state index in [1.165, 1.54) is 11.1 Å². The lowest BCUT2D eigenvalue weighted by atomic mass is 9.53. The Bertz CT molecular complexity index is 342. The Morgan fingerprint density at radius 1 is 1.06 bits per heavy atom. The van der Waals surface area contributed by atoms with Crippen molar-refractivity contribution in [3.8, 4) is 0 Å². The van der Waals surface area contributed by atoms with Crippen LogP contribution in [0.5, 0.6) is 0 Å². The van der Waals surface area contributed by atoms with Crippen LogP contribution in [0.4, 0.5) is 0 Å². The molecule has 0 amide bonds. The van der Waals surface area contributed by atoms with Gasteiger partial charge in [-0.15, -0.1) is 0 Å². The average Bonchev–Trinajstić information content (AvgIpc) is 2.58. The van der Waals surface area contributed by atoms with Gasteiger partial charge in [0.05, 0.1) is 0 Å². The van der Waals surface area contributed by atoms with Crippen LogP contribution in [0.25, 0.3) is 0 Å². The zero-order chi connectivity index (χ0) is 13.0. The molecule has 0 aromatic heterocycles. The largest absolute Gasteiger partial charge is 0.326 e. The van der Waals surface area contributed by atoms with E-state index >= 15 is 0 Å². The van der Waals surface area contributed by atoms with Crippen LogP contribution in [0.1, 0.15) is 33.6 Å². The highest BCUT2D eigenvalue weighted by molar-refractivity contribution is 5.33. The van der Waals surface area contributed by atoms with Gasteiger partial charge in [0.1, 0.15) is 0 Å². The summed E-state index contributed by atoms with van der Waals surface area (Å²) in [6.45, 7) is 15.3. The molecular formula is C15H26N2. The highest BCUT2D eigenvalue weighted by Gasteiger charge is 2.55. The topological polar surface area (TPSA) is 52.0 Å². The van der Waals surface area contributed by atoms with E-state index in [2.05, 4.69) is 33.9 Å². The molecule has 0 bridgehead atoms. The molecule has 0 aromatic carbocycles. The minimum atomic E-state index is 0.0730. The second kappa shape index (κ2) is 3.96. The lowest BCUT2D eigenvalue weighted by molar-refractivity contribution is 0.0181. The summed E-state index contributed by atoms with van der Waals surface area (Å²) in [6, 6.07) is 0.177. The van der Waals surface area contributed by atoms with E-state index in [0.717, 1.165) is 12.8 Å². The molecule has 0 saturated heterocycles. The average molecular weight is 234 g/mol. The van der Waals surface area contributed by atoms with Crippen molar-refractivity contribution >= 4 is 0 Å². The summed E-state index contributed by atoms with van der Waals surface area (Å²) in [5.74, 6) is 1.39. The molecule has 2 rings (SSSR count). The van der Waals surface area contributed by atoms with Crippen molar-refractivity contribution in [2.75, 3.05) is 0 Å². The third-order valence-electron chi connectivity index (χ3n) is 5.71. The summed E-state index contributed by atoms with van der Waals surface area (Å²) in [7, 11) is 0. The monoisotopic (exact) mass is 234 g/mol. The molecule has 0 radical (unpaired) electrons. The highest BCUT2D eigenvalue weighted by Crippen LogP contribution is 2.59. The van der Waals surface area contributed by atoms with E-state index in [0.29, 0.717) is 17.8 Å². The SMILES string of the molecule is C=C1CC(=C)C2(C1)C(C)C(C)C(N)C(N)C2C. The summed E-state index contributed by atoms with van der Waals surface area (Å²) in [4.78, 5) is 0. The van der Waals surface area contributed by atoms with Crippen LogP contribution >= 0.6 is 0 Å². The third kappa shape index (κ3) is 1.54. The minimum absolute atomic E-state index is 0.0730. The molecule has 2 aliphatic rings. The van der Waals surface area contributed by atoms with Gasteiger partial charge in [0, 0.05) is 17.5 Å². The fourth-order valence-corrected chi connectivity index (χ4v) is 4.28. The van der Waals surface area contributed by atoms with Gasteiger partial charge in [0.2, 0.25) is 0 Å². The van der Waals surface area contributed by atoms with Crippen LogP contribution < -0.4 is 11.5 Å². The van der Waals surface area contributed by atoms with E-state index in [1.807, 2.05) is 0 Å². The molecule has 2 saturated carbocycles. The molecule has 96 valence electrons. The molecule has 0 aliphatic heterocycles. The lowest BCUT2D eigenvalue weighted by Crippen LogP contribution is -2.62. The molecule has 17 heavy (non-hydrogen) atoms. The van der Waals surface area contributed by atoms with Crippen LogP contribution in [0, 0.1) is 23.2 Å².